The van der Waals surface area contributed by atoms with E-state index in [-0.39, 0.29) is 0 Å². The molecule has 1 aromatic rings. The van der Waals surface area contributed by atoms with Gasteiger partial charge in [-0.1, -0.05) is 56.0 Å². The maximum atomic E-state index is 6.11. The van der Waals surface area contributed by atoms with Crippen LogP contribution in [0.25, 0.3) is 0 Å². The van der Waals surface area contributed by atoms with Crippen LogP contribution in [-0.2, 0) is 0 Å². The van der Waals surface area contributed by atoms with Crippen molar-refractivity contribution in [2.45, 2.75) is 45.6 Å². The molecule has 1 aliphatic rings. The summed E-state index contributed by atoms with van der Waals surface area (Å²) in [5.41, 5.74) is 1.24. The number of halogens is 2. The van der Waals surface area contributed by atoms with E-state index in [2.05, 4.69) is 25.2 Å². The first-order chi connectivity index (χ1) is 9.11. The van der Waals surface area contributed by atoms with Crippen molar-refractivity contribution in [3.05, 3.63) is 33.8 Å². The van der Waals surface area contributed by atoms with Gasteiger partial charge in [0.1, 0.15) is 0 Å². The van der Waals surface area contributed by atoms with E-state index in [4.69, 9.17) is 23.2 Å². The summed E-state index contributed by atoms with van der Waals surface area (Å²) in [5, 5.41) is 4.98. The molecule has 1 saturated carbocycles. The zero-order valence-corrected chi connectivity index (χ0v) is 13.3. The van der Waals surface area contributed by atoms with Gasteiger partial charge in [0, 0.05) is 6.04 Å². The SMILES string of the molecule is CCC(NCC1CCCC1C)c1ccc(Cl)c(Cl)c1. The molecule has 3 unspecified atom stereocenters. The zero-order chi connectivity index (χ0) is 13.8. The van der Waals surface area contributed by atoms with Gasteiger partial charge in [0.15, 0.2) is 0 Å². The van der Waals surface area contributed by atoms with Crippen molar-refractivity contribution in [3.8, 4) is 0 Å². The van der Waals surface area contributed by atoms with E-state index in [9.17, 15) is 0 Å². The average molecular weight is 300 g/mol. The molecule has 1 N–H and O–H groups in total. The molecule has 19 heavy (non-hydrogen) atoms. The highest BCUT2D eigenvalue weighted by molar-refractivity contribution is 6.42. The summed E-state index contributed by atoms with van der Waals surface area (Å²) >= 11 is 12.1. The molecule has 1 aromatic carbocycles. The number of benzene rings is 1. The molecule has 0 radical (unpaired) electrons. The number of hydrogen-bond donors (Lipinski definition) is 1. The molecular formula is C16H23Cl2N. The van der Waals surface area contributed by atoms with E-state index in [0.717, 1.165) is 24.8 Å². The third-order valence-corrected chi connectivity index (χ3v) is 5.16. The standard InChI is InChI=1S/C16H23Cl2N/c1-3-16(12-7-8-14(17)15(18)9-12)19-10-13-6-4-5-11(13)2/h7-9,11,13,16,19H,3-6,10H2,1-2H3. The van der Waals surface area contributed by atoms with Crippen LogP contribution in [0.5, 0.6) is 0 Å². The van der Waals surface area contributed by atoms with E-state index in [1.165, 1.54) is 24.8 Å². The van der Waals surface area contributed by atoms with Crippen molar-refractivity contribution in [3.63, 3.8) is 0 Å². The molecule has 3 atom stereocenters. The monoisotopic (exact) mass is 299 g/mol. The Hall–Kier alpha value is -0.240. The summed E-state index contributed by atoms with van der Waals surface area (Å²) in [7, 11) is 0. The van der Waals surface area contributed by atoms with Gasteiger partial charge >= 0.3 is 0 Å². The molecular weight excluding hydrogens is 277 g/mol. The highest BCUT2D eigenvalue weighted by Gasteiger charge is 2.23. The van der Waals surface area contributed by atoms with Gasteiger partial charge < -0.3 is 5.32 Å². The normalized spacial score (nSPS) is 24.6. The van der Waals surface area contributed by atoms with Crippen molar-refractivity contribution >= 4 is 23.2 Å². The minimum atomic E-state index is 0.377. The molecule has 1 nitrogen and oxygen atoms in total. The van der Waals surface area contributed by atoms with Crippen LogP contribution < -0.4 is 5.32 Å². The predicted octanol–water partition coefficient (Wildman–Crippen LogP) is 5.47. The van der Waals surface area contributed by atoms with Crippen LogP contribution in [-0.4, -0.2) is 6.54 Å². The van der Waals surface area contributed by atoms with Crippen LogP contribution in [0.4, 0.5) is 0 Å². The lowest BCUT2D eigenvalue weighted by Crippen LogP contribution is -2.28. The molecule has 0 aromatic heterocycles. The maximum Gasteiger partial charge on any atom is 0.0595 e. The van der Waals surface area contributed by atoms with Crippen molar-refractivity contribution in [1.29, 1.82) is 0 Å². The molecule has 0 bridgehead atoms. The van der Waals surface area contributed by atoms with Crippen LogP contribution >= 0.6 is 23.2 Å². The lowest BCUT2D eigenvalue weighted by molar-refractivity contribution is 0.365. The van der Waals surface area contributed by atoms with Crippen LogP contribution in [0.2, 0.25) is 10.0 Å². The highest BCUT2D eigenvalue weighted by Crippen LogP contribution is 2.32. The van der Waals surface area contributed by atoms with E-state index < -0.39 is 0 Å². The van der Waals surface area contributed by atoms with E-state index in [1.54, 1.807) is 0 Å². The molecule has 1 aliphatic carbocycles. The van der Waals surface area contributed by atoms with Crippen LogP contribution in [0.3, 0.4) is 0 Å². The van der Waals surface area contributed by atoms with Gasteiger partial charge in [-0.15, -0.1) is 0 Å². The second-order valence-corrected chi connectivity index (χ2v) is 6.53. The third kappa shape index (κ3) is 3.87. The topological polar surface area (TPSA) is 12.0 Å². The minimum Gasteiger partial charge on any atom is -0.310 e. The lowest BCUT2D eigenvalue weighted by atomic mass is 9.97. The fraction of sp³-hybridized carbons (Fsp3) is 0.625. The largest absolute Gasteiger partial charge is 0.310 e. The summed E-state index contributed by atoms with van der Waals surface area (Å²) in [6.07, 6.45) is 5.21. The Labute approximate surface area is 126 Å². The summed E-state index contributed by atoms with van der Waals surface area (Å²) in [6.45, 7) is 5.69. The molecule has 0 heterocycles. The molecule has 0 amide bonds. The summed E-state index contributed by atoms with van der Waals surface area (Å²) in [6, 6.07) is 6.33. The van der Waals surface area contributed by atoms with Crippen molar-refractivity contribution in [1.82, 2.24) is 5.32 Å². The second-order valence-electron chi connectivity index (χ2n) is 5.71. The Morgan fingerprint density at radius 3 is 2.63 bits per heavy atom. The Morgan fingerprint density at radius 1 is 1.26 bits per heavy atom. The summed E-state index contributed by atoms with van der Waals surface area (Å²) in [4.78, 5) is 0. The summed E-state index contributed by atoms with van der Waals surface area (Å²) < 4.78 is 0. The number of rotatable bonds is 5. The van der Waals surface area contributed by atoms with Crippen molar-refractivity contribution < 1.29 is 0 Å². The first kappa shape index (κ1) is 15.2. The fourth-order valence-corrected chi connectivity index (χ4v) is 3.35. The quantitative estimate of drug-likeness (QED) is 0.760. The smallest absolute Gasteiger partial charge is 0.0595 e. The molecule has 0 spiro atoms. The van der Waals surface area contributed by atoms with Crippen molar-refractivity contribution in [2.24, 2.45) is 11.8 Å². The highest BCUT2D eigenvalue weighted by atomic mass is 35.5. The van der Waals surface area contributed by atoms with Crippen molar-refractivity contribution in [2.75, 3.05) is 6.54 Å². The van der Waals surface area contributed by atoms with Gasteiger partial charge in [-0.2, -0.15) is 0 Å². The molecule has 2 rings (SSSR count). The predicted molar refractivity (Wildman–Crippen MR) is 84.0 cm³/mol. The van der Waals surface area contributed by atoms with Gasteiger partial charge in [-0.25, -0.2) is 0 Å². The number of hydrogen-bond acceptors (Lipinski definition) is 1. The molecule has 106 valence electrons. The minimum absolute atomic E-state index is 0.377. The van der Waals surface area contributed by atoms with E-state index >= 15 is 0 Å². The van der Waals surface area contributed by atoms with Gasteiger partial charge in [0.25, 0.3) is 0 Å². The van der Waals surface area contributed by atoms with Crippen LogP contribution in [0, 0.1) is 11.8 Å². The first-order valence-corrected chi connectivity index (χ1v) is 8.05. The van der Waals surface area contributed by atoms with Gasteiger partial charge in [0.2, 0.25) is 0 Å². The Morgan fingerprint density at radius 2 is 2.05 bits per heavy atom. The molecule has 0 saturated heterocycles. The Bertz CT molecular complexity index is 419. The van der Waals surface area contributed by atoms with Crippen LogP contribution in [0.15, 0.2) is 18.2 Å². The van der Waals surface area contributed by atoms with E-state index in [1.807, 2.05) is 12.1 Å². The Balaban J connectivity index is 1.97. The second kappa shape index (κ2) is 6.97. The first-order valence-electron chi connectivity index (χ1n) is 7.30. The zero-order valence-electron chi connectivity index (χ0n) is 11.8. The van der Waals surface area contributed by atoms with E-state index in [0.29, 0.717) is 16.1 Å². The van der Waals surface area contributed by atoms with Crippen LogP contribution in [0.1, 0.15) is 51.1 Å². The molecule has 3 heteroatoms. The molecule has 1 fully saturated rings. The lowest BCUT2D eigenvalue weighted by Gasteiger charge is -2.22. The molecule has 0 aliphatic heterocycles. The average Bonchev–Trinajstić information content (AvgIpc) is 2.80. The fourth-order valence-electron chi connectivity index (χ4n) is 3.05. The van der Waals surface area contributed by atoms with Gasteiger partial charge in [-0.05, 0) is 48.9 Å². The maximum absolute atomic E-state index is 6.11. The number of nitrogens with one attached hydrogen (secondary N) is 1. The third-order valence-electron chi connectivity index (χ3n) is 4.42. The summed E-state index contributed by atoms with van der Waals surface area (Å²) in [5.74, 6) is 1.69. The van der Waals surface area contributed by atoms with Gasteiger partial charge in [0.05, 0.1) is 10.0 Å². The van der Waals surface area contributed by atoms with Gasteiger partial charge in [-0.3, -0.25) is 0 Å². The Kier molecular flexibility index (Phi) is 5.56.